The van der Waals surface area contributed by atoms with Crippen LogP contribution in [0.1, 0.15) is 63.3 Å². The summed E-state index contributed by atoms with van der Waals surface area (Å²) in [4.78, 5) is 0. The van der Waals surface area contributed by atoms with Crippen LogP contribution in [0.15, 0.2) is 16.7 Å². The first-order valence-corrected chi connectivity index (χ1v) is 7.58. The maximum Gasteiger partial charge on any atom is 0.108 e. The summed E-state index contributed by atoms with van der Waals surface area (Å²) in [6.07, 6.45) is 9.67. The van der Waals surface area contributed by atoms with Crippen LogP contribution < -0.4 is 5.32 Å². The number of fused-ring (bicyclic) bond motifs is 1. The van der Waals surface area contributed by atoms with Gasteiger partial charge in [-0.3, -0.25) is 0 Å². The molecule has 0 radical (unpaired) electrons. The molecule has 18 heavy (non-hydrogen) atoms. The Morgan fingerprint density at radius 1 is 1.11 bits per heavy atom. The minimum atomic E-state index is 0.528. The van der Waals surface area contributed by atoms with Gasteiger partial charge in [-0.2, -0.15) is 0 Å². The van der Waals surface area contributed by atoms with Gasteiger partial charge in [-0.05, 0) is 43.6 Å². The molecule has 0 aliphatic heterocycles. The van der Waals surface area contributed by atoms with Crippen LogP contribution in [0.25, 0.3) is 0 Å². The molecule has 1 aromatic heterocycles. The van der Waals surface area contributed by atoms with Gasteiger partial charge < -0.3 is 9.73 Å². The van der Waals surface area contributed by atoms with Gasteiger partial charge in [0.15, 0.2) is 0 Å². The molecule has 3 rings (SSSR count). The SMILES string of the molecule is CC1CCCC(C)C1NC1CCCc2occc21. The lowest BCUT2D eigenvalue weighted by Crippen LogP contribution is -2.45. The van der Waals surface area contributed by atoms with E-state index in [1.54, 1.807) is 0 Å². The van der Waals surface area contributed by atoms with E-state index in [1.807, 2.05) is 6.26 Å². The standard InChI is InChI=1S/C16H25NO/c1-11-5-3-6-12(2)16(11)17-14-7-4-8-15-13(14)9-10-18-15/h9-12,14,16-17H,3-8H2,1-2H3. The molecule has 1 N–H and O–H groups in total. The summed E-state index contributed by atoms with van der Waals surface area (Å²) < 4.78 is 5.59. The first-order chi connectivity index (χ1) is 8.75. The molecule has 100 valence electrons. The first kappa shape index (κ1) is 12.3. The van der Waals surface area contributed by atoms with Crippen molar-refractivity contribution >= 4 is 0 Å². The smallest absolute Gasteiger partial charge is 0.108 e. The van der Waals surface area contributed by atoms with E-state index in [0.29, 0.717) is 12.1 Å². The van der Waals surface area contributed by atoms with Crippen LogP contribution in [0.5, 0.6) is 0 Å². The maximum absolute atomic E-state index is 5.59. The van der Waals surface area contributed by atoms with Gasteiger partial charge in [-0.15, -0.1) is 0 Å². The van der Waals surface area contributed by atoms with E-state index in [9.17, 15) is 0 Å². The van der Waals surface area contributed by atoms with E-state index >= 15 is 0 Å². The Labute approximate surface area is 110 Å². The molecule has 1 aromatic rings. The lowest BCUT2D eigenvalue weighted by molar-refractivity contribution is 0.186. The minimum absolute atomic E-state index is 0.528. The molecule has 2 aliphatic carbocycles. The Bertz CT molecular complexity index is 388. The summed E-state index contributed by atoms with van der Waals surface area (Å²) in [6, 6.07) is 3.38. The van der Waals surface area contributed by atoms with Crippen molar-refractivity contribution < 1.29 is 4.42 Å². The monoisotopic (exact) mass is 247 g/mol. The highest BCUT2D eigenvalue weighted by Crippen LogP contribution is 2.35. The Morgan fingerprint density at radius 3 is 2.67 bits per heavy atom. The van der Waals surface area contributed by atoms with E-state index in [2.05, 4.69) is 25.2 Å². The molecule has 0 bridgehead atoms. The van der Waals surface area contributed by atoms with Gasteiger partial charge in [-0.1, -0.05) is 20.3 Å². The second kappa shape index (κ2) is 5.08. The summed E-state index contributed by atoms with van der Waals surface area (Å²) in [5.41, 5.74) is 1.42. The van der Waals surface area contributed by atoms with E-state index in [1.165, 1.54) is 43.4 Å². The molecule has 1 heterocycles. The molecular formula is C16H25NO. The molecule has 0 aromatic carbocycles. The molecule has 2 aliphatic rings. The fraction of sp³-hybridized carbons (Fsp3) is 0.750. The van der Waals surface area contributed by atoms with E-state index in [4.69, 9.17) is 4.42 Å². The van der Waals surface area contributed by atoms with Crippen LogP contribution >= 0.6 is 0 Å². The zero-order valence-electron chi connectivity index (χ0n) is 11.6. The number of nitrogens with one attached hydrogen (secondary N) is 1. The molecular weight excluding hydrogens is 222 g/mol. The van der Waals surface area contributed by atoms with E-state index < -0.39 is 0 Å². The molecule has 3 unspecified atom stereocenters. The van der Waals surface area contributed by atoms with Crippen molar-refractivity contribution in [2.45, 2.75) is 64.5 Å². The number of hydrogen-bond donors (Lipinski definition) is 1. The summed E-state index contributed by atoms with van der Waals surface area (Å²) in [6.45, 7) is 4.82. The third kappa shape index (κ3) is 2.23. The Hall–Kier alpha value is -0.760. The zero-order chi connectivity index (χ0) is 12.5. The van der Waals surface area contributed by atoms with Gasteiger partial charge in [0.2, 0.25) is 0 Å². The summed E-state index contributed by atoms with van der Waals surface area (Å²) >= 11 is 0. The summed E-state index contributed by atoms with van der Waals surface area (Å²) in [7, 11) is 0. The van der Waals surface area contributed by atoms with Crippen LogP contribution in [-0.2, 0) is 6.42 Å². The predicted octanol–water partition coefficient (Wildman–Crippen LogP) is 4.07. The Balaban J connectivity index is 1.73. The normalized spacial score (nSPS) is 36.3. The number of furan rings is 1. The number of hydrogen-bond acceptors (Lipinski definition) is 2. The lowest BCUT2D eigenvalue weighted by atomic mass is 9.77. The molecule has 2 nitrogen and oxygen atoms in total. The molecule has 1 saturated carbocycles. The van der Waals surface area contributed by atoms with Crippen LogP contribution in [0.3, 0.4) is 0 Å². The zero-order valence-corrected chi connectivity index (χ0v) is 11.6. The average molecular weight is 247 g/mol. The third-order valence-corrected chi connectivity index (χ3v) is 4.99. The van der Waals surface area contributed by atoms with E-state index in [-0.39, 0.29) is 0 Å². The van der Waals surface area contributed by atoms with E-state index in [0.717, 1.165) is 18.3 Å². The Morgan fingerprint density at radius 2 is 1.89 bits per heavy atom. The predicted molar refractivity (Wildman–Crippen MR) is 73.5 cm³/mol. The topological polar surface area (TPSA) is 25.2 Å². The van der Waals surface area contributed by atoms with Crippen molar-refractivity contribution in [2.75, 3.05) is 0 Å². The van der Waals surface area contributed by atoms with Gasteiger partial charge in [0.1, 0.15) is 5.76 Å². The van der Waals surface area contributed by atoms with Crippen LogP contribution in [-0.4, -0.2) is 6.04 Å². The van der Waals surface area contributed by atoms with Gasteiger partial charge in [0.05, 0.1) is 6.26 Å². The van der Waals surface area contributed by atoms with Gasteiger partial charge >= 0.3 is 0 Å². The molecule has 0 amide bonds. The minimum Gasteiger partial charge on any atom is -0.469 e. The maximum atomic E-state index is 5.59. The van der Waals surface area contributed by atoms with Crippen molar-refractivity contribution in [1.82, 2.24) is 5.32 Å². The van der Waals surface area contributed by atoms with Gasteiger partial charge in [0.25, 0.3) is 0 Å². The molecule has 3 atom stereocenters. The van der Waals surface area contributed by atoms with Crippen molar-refractivity contribution in [1.29, 1.82) is 0 Å². The van der Waals surface area contributed by atoms with Crippen molar-refractivity contribution in [3.05, 3.63) is 23.7 Å². The molecule has 0 spiro atoms. The lowest BCUT2D eigenvalue weighted by Gasteiger charge is -2.38. The Kier molecular flexibility index (Phi) is 3.47. The van der Waals surface area contributed by atoms with Gasteiger partial charge in [0, 0.05) is 24.1 Å². The highest BCUT2D eigenvalue weighted by Gasteiger charge is 2.31. The first-order valence-electron chi connectivity index (χ1n) is 7.58. The number of aryl methyl sites for hydroxylation is 1. The quantitative estimate of drug-likeness (QED) is 0.852. The third-order valence-electron chi connectivity index (χ3n) is 4.99. The van der Waals surface area contributed by atoms with Crippen LogP contribution in [0.4, 0.5) is 0 Å². The van der Waals surface area contributed by atoms with Crippen LogP contribution in [0.2, 0.25) is 0 Å². The molecule has 1 fully saturated rings. The van der Waals surface area contributed by atoms with Crippen molar-refractivity contribution in [2.24, 2.45) is 11.8 Å². The second-order valence-corrected chi connectivity index (χ2v) is 6.32. The fourth-order valence-electron chi connectivity index (χ4n) is 3.90. The average Bonchev–Trinajstić information content (AvgIpc) is 2.83. The molecule has 2 heteroatoms. The van der Waals surface area contributed by atoms with Crippen molar-refractivity contribution in [3.63, 3.8) is 0 Å². The molecule has 0 saturated heterocycles. The van der Waals surface area contributed by atoms with Crippen LogP contribution in [0, 0.1) is 11.8 Å². The highest BCUT2D eigenvalue weighted by molar-refractivity contribution is 5.24. The van der Waals surface area contributed by atoms with Gasteiger partial charge in [-0.25, -0.2) is 0 Å². The largest absolute Gasteiger partial charge is 0.469 e. The number of rotatable bonds is 2. The fourth-order valence-corrected chi connectivity index (χ4v) is 3.90. The van der Waals surface area contributed by atoms with Crippen molar-refractivity contribution in [3.8, 4) is 0 Å². The summed E-state index contributed by atoms with van der Waals surface area (Å²) in [5.74, 6) is 2.84. The summed E-state index contributed by atoms with van der Waals surface area (Å²) in [5, 5.41) is 3.94. The highest BCUT2D eigenvalue weighted by atomic mass is 16.3. The second-order valence-electron chi connectivity index (χ2n) is 6.32.